The van der Waals surface area contributed by atoms with Gasteiger partial charge in [-0.3, -0.25) is 9.67 Å². The normalized spacial score (nSPS) is 12.4. The Hall–Kier alpha value is -4.20. The fourth-order valence-corrected chi connectivity index (χ4v) is 3.87. The van der Waals surface area contributed by atoms with Crippen molar-refractivity contribution in [3.63, 3.8) is 0 Å². The van der Waals surface area contributed by atoms with E-state index in [0.29, 0.717) is 17.8 Å². The number of aliphatic carboxylic acids is 1. The van der Waals surface area contributed by atoms with Crippen molar-refractivity contribution in [3.05, 3.63) is 61.3 Å². The second kappa shape index (κ2) is 7.24. The zero-order chi connectivity index (χ0) is 21.5. The molecule has 1 atom stereocenters. The maximum Gasteiger partial charge on any atom is 0.328 e. The van der Waals surface area contributed by atoms with E-state index in [1.807, 2.05) is 43.5 Å². The summed E-state index contributed by atoms with van der Waals surface area (Å²) in [5.74, 6) is 0.0298. The number of aromatic nitrogens is 4. The highest BCUT2D eigenvalue weighted by molar-refractivity contribution is 6.03. The van der Waals surface area contributed by atoms with Crippen LogP contribution < -0.4 is 5.73 Å². The van der Waals surface area contributed by atoms with E-state index in [9.17, 15) is 9.90 Å². The van der Waals surface area contributed by atoms with Crippen molar-refractivity contribution in [3.8, 4) is 22.5 Å². The van der Waals surface area contributed by atoms with Gasteiger partial charge in [0.1, 0.15) is 11.8 Å². The Balaban J connectivity index is 1.67. The van der Waals surface area contributed by atoms with Crippen molar-refractivity contribution in [2.45, 2.75) is 19.4 Å². The first-order valence-corrected chi connectivity index (χ1v) is 9.85. The largest absolute Gasteiger partial charge is 0.480 e. The molecule has 0 saturated heterocycles. The molecular formula is C23H19N5O3. The molecule has 0 bridgehead atoms. The summed E-state index contributed by atoms with van der Waals surface area (Å²) in [6, 6.07) is 9.09. The maximum atomic E-state index is 11.5. The minimum absolute atomic E-state index is 0.288. The van der Waals surface area contributed by atoms with Crippen molar-refractivity contribution in [2.75, 3.05) is 5.73 Å². The number of anilines is 1. The first-order chi connectivity index (χ1) is 15.1. The van der Waals surface area contributed by atoms with E-state index in [4.69, 9.17) is 10.2 Å². The number of nitrogen functional groups attached to an aromatic ring is 1. The number of nitrogens with zero attached hydrogens (tertiary/aromatic N) is 4. The number of carboxylic acid groups (broad SMARTS) is 1. The molecule has 0 radical (unpaired) electrons. The Morgan fingerprint density at radius 1 is 1.19 bits per heavy atom. The summed E-state index contributed by atoms with van der Waals surface area (Å²) in [7, 11) is 0. The topological polar surface area (TPSA) is 120 Å². The van der Waals surface area contributed by atoms with Crippen LogP contribution in [-0.4, -0.2) is 30.8 Å². The molecule has 8 nitrogen and oxygen atoms in total. The average molecular weight is 413 g/mol. The van der Waals surface area contributed by atoms with Crippen LogP contribution in [0.5, 0.6) is 0 Å². The first kappa shape index (κ1) is 18.8. The lowest BCUT2D eigenvalue weighted by atomic mass is 10.0. The molecule has 4 aromatic heterocycles. The van der Waals surface area contributed by atoms with Gasteiger partial charge >= 0.3 is 5.97 Å². The Labute approximate surface area is 177 Å². The van der Waals surface area contributed by atoms with Crippen LogP contribution in [-0.2, 0) is 4.79 Å². The number of benzene rings is 1. The van der Waals surface area contributed by atoms with Crippen molar-refractivity contribution in [1.82, 2.24) is 19.7 Å². The molecule has 0 aliphatic heterocycles. The molecule has 0 amide bonds. The SMILES string of the molecule is CCC(C(=O)O)n1cc(-c2cnc(N)c3oc(-c4cccc5cnccc45)cc23)cn1. The van der Waals surface area contributed by atoms with E-state index in [1.165, 1.54) is 4.68 Å². The zero-order valence-corrected chi connectivity index (χ0v) is 16.7. The molecule has 5 aromatic rings. The average Bonchev–Trinajstić information content (AvgIpc) is 3.42. The van der Waals surface area contributed by atoms with Crippen LogP contribution >= 0.6 is 0 Å². The van der Waals surface area contributed by atoms with Gasteiger partial charge in [0.25, 0.3) is 0 Å². The highest BCUT2D eigenvalue weighted by Gasteiger charge is 2.21. The Morgan fingerprint density at radius 2 is 2.06 bits per heavy atom. The summed E-state index contributed by atoms with van der Waals surface area (Å²) < 4.78 is 7.60. The molecule has 154 valence electrons. The number of rotatable bonds is 5. The van der Waals surface area contributed by atoms with Crippen molar-refractivity contribution in [1.29, 1.82) is 0 Å². The molecular weight excluding hydrogens is 394 g/mol. The van der Waals surface area contributed by atoms with Gasteiger partial charge in [0.2, 0.25) is 0 Å². The van der Waals surface area contributed by atoms with Crippen LogP contribution in [0, 0.1) is 0 Å². The summed E-state index contributed by atoms with van der Waals surface area (Å²) in [5, 5.41) is 16.5. The predicted octanol–water partition coefficient (Wildman–Crippen LogP) is 4.52. The molecule has 0 aliphatic carbocycles. The lowest BCUT2D eigenvalue weighted by Gasteiger charge is -2.09. The van der Waals surface area contributed by atoms with Gasteiger partial charge in [-0.2, -0.15) is 5.10 Å². The fraction of sp³-hybridized carbons (Fsp3) is 0.130. The smallest absolute Gasteiger partial charge is 0.328 e. The third-order valence-electron chi connectivity index (χ3n) is 5.44. The highest BCUT2D eigenvalue weighted by Crippen LogP contribution is 2.38. The molecule has 31 heavy (non-hydrogen) atoms. The first-order valence-electron chi connectivity index (χ1n) is 9.85. The summed E-state index contributed by atoms with van der Waals surface area (Å²) in [6.45, 7) is 1.81. The Morgan fingerprint density at radius 3 is 2.87 bits per heavy atom. The van der Waals surface area contributed by atoms with Crippen LogP contribution in [0.4, 0.5) is 5.82 Å². The number of pyridine rings is 2. The molecule has 0 aliphatic rings. The van der Waals surface area contributed by atoms with E-state index in [0.717, 1.165) is 32.8 Å². The Bertz CT molecular complexity index is 1430. The predicted molar refractivity (Wildman–Crippen MR) is 117 cm³/mol. The van der Waals surface area contributed by atoms with Gasteiger partial charge in [0.15, 0.2) is 11.4 Å². The standard InChI is InChI=1S/C23H19N5O3/c1-2-19(23(29)30)28-12-14(10-27-28)18-11-26-22(24)21-17(18)8-20(31-21)16-5-3-4-13-9-25-7-6-15(13)16/h3-12,19H,2H2,1H3,(H2,24,26)(H,29,30). The molecule has 1 unspecified atom stereocenters. The zero-order valence-electron chi connectivity index (χ0n) is 16.7. The number of hydrogen-bond acceptors (Lipinski definition) is 6. The second-order valence-electron chi connectivity index (χ2n) is 7.28. The highest BCUT2D eigenvalue weighted by atomic mass is 16.4. The molecule has 1 aromatic carbocycles. The number of furan rings is 1. The van der Waals surface area contributed by atoms with Gasteiger partial charge in [-0.05, 0) is 23.9 Å². The summed E-state index contributed by atoms with van der Waals surface area (Å²) >= 11 is 0. The van der Waals surface area contributed by atoms with Gasteiger partial charge < -0.3 is 15.3 Å². The molecule has 5 rings (SSSR count). The van der Waals surface area contributed by atoms with E-state index in [-0.39, 0.29) is 5.82 Å². The number of hydrogen-bond donors (Lipinski definition) is 2. The third-order valence-corrected chi connectivity index (χ3v) is 5.44. The molecule has 0 saturated carbocycles. The monoisotopic (exact) mass is 413 g/mol. The second-order valence-corrected chi connectivity index (χ2v) is 7.28. The van der Waals surface area contributed by atoms with Crippen LogP contribution in [0.3, 0.4) is 0 Å². The van der Waals surface area contributed by atoms with Gasteiger partial charge in [-0.1, -0.05) is 25.1 Å². The van der Waals surface area contributed by atoms with Gasteiger partial charge in [0, 0.05) is 52.3 Å². The van der Waals surface area contributed by atoms with Gasteiger partial charge in [-0.15, -0.1) is 0 Å². The summed E-state index contributed by atoms with van der Waals surface area (Å²) in [5.41, 5.74) is 9.03. The molecule has 0 spiro atoms. The van der Waals surface area contributed by atoms with Crippen molar-refractivity contribution in [2.24, 2.45) is 0 Å². The van der Waals surface area contributed by atoms with E-state index in [2.05, 4.69) is 15.1 Å². The summed E-state index contributed by atoms with van der Waals surface area (Å²) in [4.78, 5) is 20.0. The lowest BCUT2D eigenvalue weighted by molar-refractivity contribution is -0.141. The van der Waals surface area contributed by atoms with Crippen LogP contribution in [0.25, 0.3) is 44.2 Å². The van der Waals surface area contributed by atoms with E-state index >= 15 is 0 Å². The summed E-state index contributed by atoms with van der Waals surface area (Å²) in [6.07, 6.45) is 8.99. The maximum absolute atomic E-state index is 11.5. The van der Waals surface area contributed by atoms with Crippen molar-refractivity contribution >= 4 is 33.5 Å². The van der Waals surface area contributed by atoms with Gasteiger partial charge in [-0.25, -0.2) is 9.78 Å². The number of fused-ring (bicyclic) bond motifs is 2. The van der Waals surface area contributed by atoms with Crippen LogP contribution in [0.1, 0.15) is 19.4 Å². The van der Waals surface area contributed by atoms with Crippen LogP contribution in [0.2, 0.25) is 0 Å². The van der Waals surface area contributed by atoms with Crippen LogP contribution in [0.15, 0.2) is 65.7 Å². The molecule has 8 heteroatoms. The lowest BCUT2D eigenvalue weighted by Crippen LogP contribution is -2.18. The van der Waals surface area contributed by atoms with E-state index < -0.39 is 12.0 Å². The van der Waals surface area contributed by atoms with E-state index in [1.54, 1.807) is 24.8 Å². The van der Waals surface area contributed by atoms with Gasteiger partial charge in [0.05, 0.1) is 6.20 Å². The van der Waals surface area contributed by atoms with Crippen molar-refractivity contribution < 1.29 is 14.3 Å². The minimum atomic E-state index is -0.922. The molecule has 3 N–H and O–H groups in total. The minimum Gasteiger partial charge on any atom is -0.480 e. The quantitative estimate of drug-likeness (QED) is 0.434. The molecule has 0 fully saturated rings. The molecule has 4 heterocycles. The third kappa shape index (κ3) is 3.09. The number of nitrogens with two attached hydrogens (primary N) is 1. The number of carbonyl (C=O) groups is 1. The Kier molecular flexibility index (Phi) is 4.39. The number of carboxylic acids is 1. The fourth-order valence-electron chi connectivity index (χ4n) is 3.87.